The summed E-state index contributed by atoms with van der Waals surface area (Å²) < 4.78 is 0. The first-order valence-electron chi connectivity index (χ1n) is 9.17. The van der Waals surface area contributed by atoms with Crippen molar-refractivity contribution in [2.45, 2.75) is 13.0 Å². The molecule has 1 fully saturated rings. The lowest BCUT2D eigenvalue weighted by molar-refractivity contribution is 0.312. The fourth-order valence-corrected chi connectivity index (χ4v) is 2.98. The summed E-state index contributed by atoms with van der Waals surface area (Å²) in [6.45, 7) is 5.51. The van der Waals surface area contributed by atoms with Gasteiger partial charge in [-0.05, 0) is 36.7 Å². The Morgan fingerprint density at radius 1 is 1.11 bits per heavy atom. The van der Waals surface area contributed by atoms with Gasteiger partial charge in [0.1, 0.15) is 5.82 Å². The van der Waals surface area contributed by atoms with E-state index in [1.54, 1.807) is 0 Å². The smallest absolute Gasteiger partial charge is 0.188 e. The van der Waals surface area contributed by atoms with Crippen LogP contribution in [0.25, 0.3) is 0 Å². The van der Waals surface area contributed by atoms with E-state index in [2.05, 4.69) is 50.3 Å². The lowest BCUT2D eigenvalue weighted by atomic mass is 10.1. The number of nitrogens with zero attached hydrogens (tertiary/aromatic N) is 4. The van der Waals surface area contributed by atoms with Gasteiger partial charge in [-0.15, -0.1) is 24.0 Å². The lowest BCUT2D eigenvalue weighted by Crippen LogP contribution is -2.44. The van der Waals surface area contributed by atoms with E-state index in [-0.39, 0.29) is 24.0 Å². The van der Waals surface area contributed by atoms with Gasteiger partial charge in [0.15, 0.2) is 5.96 Å². The molecule has 2 aromatic rings. The second-order valence-electron chi connectivity index (χ2n) is 6.68. The molecule has 0 atom stereocenters. The van der Waals surface area contributed by atoms with Crippen LogP contribution in [0.2, 0.25) is 0 Å². The number of aromatic nitrogens is 1. The van der Waals surface area contributed by atoms with Crippen molar-refractivity contribution in [3.8, 4) is 0 Å². The Morgan fingerprint density at radius 3 is 2.59 bits per heavy atom. The zero-order chi connectivity index (χ0) is 18.2. The highest BCUT2D eigenvalue weighted by Gasteiger charge is 2.15. The number of piperazine rings is 1. The summed E-state index contributed by atoms with van der Waals surface area (Å²) in [6.07, 6.45) is 2.79. The summed E-state index contributed by atoms with van der Waals surface area (Å²) in [6, 6.07) is 14.5. The molecule has 146 valence electrons. The van der Waals surface area contributed by atoms with E-state index < -0.39 is 0 Å². The first-order chi connectivity index (χ1) is 12.7. The number of aliphatic imine (C=N–C) groups is 1. The van der Waals surface area contributed by atoms with Crippen LogP contribution in [0, 0.1) is 0 Å². The number of hydrogen-bond donors (Lipinski definition) is 2. The standard InChI is InChI=1S/C20H28N6.HI/c1-25-11-13-26(14-12-25)19-15-18(8-9-22-19)16-24-20(21)23-10-7-17-5-3-2-4-6-17;/h2-6,8-9,15H,7,10-14,16H2,1H3,(H3,21,23,24);1H. The van der Waals surface area contributed by atoms with Crippen molar-refractivity contribution < 1.29 is 0 Å². The van der Waals surface area contributed by atoms with Crippen LogP contribution in [0.4, 0.5) is 5.82 Å². The minimum absolute atomic E-state index is 0. The zero-order valence-corrected chi connectivity index (χ0v) is 18.2. The third kappa shape index (κ3) is 6.99. The molecule has 27 heavy (non-hydrogen) atoms. The SMILES string of the molecule is CN1CCN(c2cc(CN=C(N)NCCc3ccccc3)ccn2)CC1.I. The highest BCUT2D eigenvalue weighted by atomic mass is 127. The molecule has 1 aromatic heterocycles. The molecule has 0 amide bonds. The summed E-state index contributed by atoms with van der Waals surface area (Å²) >= 11 is 0. The number of pyridine rings is 1. The molecule has 1 aromatic carbocycles. The number of hydrogen-bond acceptors (Lipinski definition) is 4. The molecule has 1 aliphatic heterocycles. The Kier molecular flexibility index (Phi) is 8.80. The number of likely N-dealkylation sites (N-methyl/N-ethyl adjacent to an activating group) is 1. The van der Waals surface area contributed by atoms with E-state index >= 15 is 0 Å². The normalized spacial score (nSPS) is 15.3. The summed E-state index contributed by atoms with van der Waals surface area (Å²) in [5, 5.41) is 3.18. The molecule has 0 radical (unpaired) electrons. The van der Waals surface area contributed by atoms with Gasteiger partial charge in [0.05, 0.1) is 6.54 Å². The Bertz CT molecular complexity index is 713. The van der Waals surface area contributed by atoms with E-state index in [0.29, 0.717) is 12.5 Å². The predicted octanol–water partition coefficient (Wildman–Crippen LogP) is 2.10. The molecule has 0 bridgehead atoms. The molecular formula is C20H29IN6. The van der Waals surface area contributed by atoms with Crippen molar-refractivity contribution in [2.24, 2.45) is 10.7 Å². The first-order valence-corrected chi connectivity index (χ1v) is 9.17. The number of rotatable bonds is 6. The molecule has 1 aliphatic rings. The van der Waals surface area contributed by atoms with Crippen molar-refractivity contribution in [2.75, 3.05) is 44.7 Å². The molecule has 2 heterocycles. The highest BCUT2D eigenvalue weighted by molar-refractivity contribution is 14.0. The number of halogens is 1. The van der Waals surface area contributed by atoms with Gasteiger partial charge in [-0.1, -0.05) is 30.3 Å². The highest BCUT2D eigenvalue weighted by Crippen LogP contribution is 2.15. The van der Waals surface area contributed by atoms with E-state index in [9.17, 15) is 0 Å². The van der Waals surface area contributed by atoms with Crippen molar-refractivity contribution >= 4 is 35.8 Å². The van der Waals surface area contributed by atoms with Crippen LogP contribution in [-0.4, -0.2) is 55.6 Å². The molecular weight excluding hydrogens is 451 g/mol. The molecule has 1 saturated heterocycles. The van der Waals surface area contributed by atoms with E-state index in [1.807, 2.05) is 30.5 Å². The number of nitrogens with two attached hydrogens (primary N) is 1. The van der Waals surface area contributed by atoms with Gasteiger partial charge in [-0.2, -0.15) is 0 Å². The number of guanidine groups is 1. The van der Waals surface area contributed by atoms with Crippen LogP contribution in [0.5, 0.6) is 0 Å². The van der Waals surface area contributed by atoms with Crippen LogP contribution in [0.1, 0.15) is 11.1 Å². The summed E-state index contributed by atoms with van der Waals surface area (Å²) in [7, 11) is 2.16. The van der Waals surface area contributed by atoms with Crippen LogP contribution >= 0.6 is 24.0 Å². The lowest BCUT2D eigenvalue weighted by Gasteiger charge is -2.33. The third-order valence-electron chi connectivity index (χ3n) is 4.63. The molecule has 3 N–H and O–H groups in total. The molecule has 0 unspecified atom stereocenters. The van der Waals surface area contributed by atoms with Gasteiger partial charge >= 0.3 is 0 Å². The Balaban J connectivity index is 0.00000261. The van der Waals surface area contributed by atoms with Gasteiger partial charge < -0.3 is 20.9 Å². The zero-order valence-electron chi connectivity index (χ0n) is 15.8. The van der Waals surface area contributed by atoms with Crippen molar-refractivity contribution in [1.82, 2.24) is 15.2 Å². The summed E-state index contributed by atoms with van der Waals surface area (Å²) in [5.41, 5.74) is 8.41. The van der Waals surface area contributed by atoms with Gasteiger partial charge in [0.2, 0.25) is 0 Å². The molecule has 0 spiro atoms. The van der Waals surface area contributed by atoms with Gasteiger partial charge in [0.25, 0.3) is 0 Å². The van der Waals surface area contributed by atoms with Crippen molar-refractivity contribution in [3.05, 3.63) is 59.8 Å². The average molecular weight is 480 g/mol. The van der Waals surface area contributed by atoms with Crippen LogP contribution in [-0.2, 0) is 13.0 Å². The molecule has 6 nitrogen and oxygen atoms in total. The van der Waals surface area contributed by atoms with E-state index in [0.717, 1.165) is 50.5 Å². The predicted molar refractivity (Wildman–Crippen MR) is 123 cm³/mol. The first kappa shape index (κ1) is 21.4. The molecule has 7 heteroatoms. The summed E-state index contributed by atoms with van der Waals surface area (Å²) in [5.74, 6) is 1.51. The largest absolute Gasteiger partial charge is 0.370 e. The van der Waals surface area contributed by atoms with Crippen LogP contribution in [0.15, 0.2) is 53.7 Å². The van der Waals surface area contributed by atoms with Gasteiger partial charge in [-0.3, -0.25) is 0 Å². The quantitative estimate of drug-likeness (QED) is 0.377. The molecule has 0 aliphatic carbocycles. The van der Waals surface area contributed by atoms with Gasteiger partial charge in [0, 0.05) is 38.9 Å². The number of benzene rings is 1. The fraction of sp³-hybridized carbons (Fsp3) is 0.400. The minimum atomic E-state index is 0. The maximum atomic E-state index is 5.99. The minimum Gasteiger partial charge on any atom is -0.370 e. The maximum Gasteiger partial charge on any atom is 0.188 e. The van der Waals surface area contributed by atoms with E-state index in [1.165, 1.54) is 5.56 Å². The Hall–Kier alpha value is -1.87. The molecule has 3 rings (SSSR count). The van der Waals surface area contributed by atoms with Crippen molar-refractivity contribution in [1.29, 1.82) is 0 Å². The fourth-order valence-electron chi connectivity index (χ4n) is 2.98. The monoisotopic (exact) mass is 480 g/mol. The summed E-state index contributed by atoms with van der Waals surface area (Å²) in [4.78, 5) is 13.6. The molecule has 0 saturated carbocycles. The third-order valence-corrected chi connectivity index (χ3v) is 4.63. The Labute approximate surface area is 178 Å². The second-order valence-corrected chi connectivity index (χ2v) is 6.68. The topological polar surface area (TPSA) is 69.8 Å². The number of nitrogens with one attached hydrogen (secondary N) is 1. The second kappa shape index (κ2) is 11.1. The van der Waals surface area contributed by atoms with Crippen LogP contribution in [0.3, 0.4) is 0 Å². The average Bonchev–Trinajstić information content (AvgIpc) is 2.68. The van der Waals surface area contributed by atoms with E-state index in [4.69, 9.17) is 5.73 Å². The van der Waals surface area contributed by atoms with Crippen LogP contribution < -0.4 is 16.0 Å². The Morgan fingerprint density at radius 2 is 1.85 bits per heavy atom. The van der Waals surface area contributed by atoms with Gasteiger partial charge in [-0.25, -0.2) is 9.98 Å². The maximum absolute atomic E-state index is 5.99. The number of anilines is 1. The van der Waals surface area contributed by atoms with Crippen molar-refractivity contribution in [3.63, 3.8) is 0 Å².